The zero-order valence-corrected chi connectivity index (χ0v) is 14.8. The average Bonchev–Trinajstić information content (AvgIpc) is 2.60. The first-order chi connectivity index (χ1) is 12.6. The van der Waals surface area contributed by atoms with Crippen molar-refractivity contribution < 1.29 is 26.0 Å². The highest BCUT2D eigenvalue weighted by Gasteiger charge is 2.36. The third kappa shape index (κ3) is 3.95. The van der Waals surface area contributed by atoms with Crippen molar-refractivity contribution in [2.24, 2.45) is 0 Å². The molecule has 3 rings (SSSR count). The molecule has 0 spiro atoms. The molecule has 0 fully saturated rings. The van der Waals surface area contributed by atoms with Crippen molar-refractivity contribution >= 4 is 9.84 Å². The minimum atomic E-state index is -4.84. The summed E-state index contributed by atoms with van der Waals surface area (Å²) in [4.78, 5) is 12.4. The number of hydrogen-bond donors (Lipinski definition) is 0. The first-order valence-corrected chi connectivity index (χ1v) is 9.58. The Balaban J connectivity index is 2.29. The van der Waals surface area contributed by atoms with Gasteiger partial charge >= 0.3 is 11.8 Å². The lowest BCUT2D eigenvalue weighted by atomic mass is 9.96. The molecule has 140 valence electrons. The van der Waals surface area contributed by atoms with Gasteiger partial charge in [0.2, 0.25) is 5.76 Å². The third-order valence-corrected chi connectivity index (χ3v) is 5.02. The van der Waals surface area contributed by atoms with Gasteiger partial charge in [0, 0.05) is 11.8 Å². The maximum Gasteiger partial charge on any atom is 0.449 e. The van der Waals surface area contributed by atoms with E-state index in [-0.39, 0.29) is 21.6 Å². The number of sulfone groups is 1. The number of alkyl halides is 3. The van der Waals surface area contributed by atoms with Crippen LogP contribution in [0.4, 0.5) is 13.2 Å². The molecule has 0 radical (unpaired) electrons. The molecular weight excluding hydrogens is 381 g/mol. The molecule has 2 aromatic carbocycles. The van der Waals surface area contributed by atoms with Crippen molar-refractivity contribution in [2.75, 3.05) is 6.26 Å². The first-order valence-electron chi connectivity index (χ1n) is 7.68. The molecule has 27 heavy (non-hydrogen) atoms. The van der Waals surface area contributed by atoms with E-state index >= 15 is 0 Å². The van der Waals surface area contributed by atoms with E-state index in [2.05, 4.69) is 4.42 Å². The summed E-state index contributed by atoms with van der Waals surface area (Å²) in [5.41, 5.74) is -0.499. The predicted octanol–water partition coefficient (Wildman–Crippen LogP) is 4.40. The summed E-state index contributed by atoms with van der Waals surface area (Å²) in [7, 11) is -3.46. The van der Waals surface area contributed by atoms with Crippen LogP contribution >= 0.6 is 0 Å². The lowest BCUT2D eigenvalue weighted by Crippen LogP contribution is -2.13. The molecule has 8 heteroatoms. The molecule has 3 aromatic rings. The van der Waals surface area contributed by atoms with Gasteiger partial charge in [-0.05, 0) is 29.3 Å². The summed E-state index contributed by atoms with van der Waals surface area (Å²) in [5, 5.41) is 0. The SMILES string of the molecule is CS(=O)(=O)c1ccc(-c2cc(C(F)(F)F)oc(=O)c2-c2ccccc2)cc1. The van der Waals surface area contributed by atoms with E-state index < -0.39 is 27.4 Å². The molecular formula is C19H13F3O4S. The normalized spacial score (nSPS) is 12.1. The number of hydrogen-bond acceptors (Lipinski definition) is 4. The molecule has 4 nitrogen and oxygen atoms in total. The summed E-state index contributed by atoms with van der Waals surface area (Å²) < 4.78 is 67.0. The molecule has 1 aromatic heterocycles. The maximum absolute atomic E-state index is 13.1. The highest BCUT2D eigenvalue weighted by atomic mass is 32.2. The fourth-order valence-corrected chi connectivity index (χ4v) is 3.25. The fourth-order valence-electron chi connectivity index (χ4n) is 2.62. The van der Waals surface area contributed by atoms with E-state index in [1.807, 2.05) is 0 Å². The van der Waals surface area contributed by atoms with E-state index in [0.29, 0.717) is 5.56 Å². The Bertz CT molecular complexity index is 1130. The van der Waals surface area contributed by atoms with Crippen LogP contribution in [0.2, 0.25) is 0 Å². The quantitative estimate of drug-likeness (QED) is 0.661. The van der Waals surface area contributed by atoms with Gasteiger partial charge in [-0.3, -0.25) is 0 Å². The molecule has 0 aliphatic rings. The maximum atomic E-state index is 13.1. The van der Waals surface area contributed by atoms with Crippen LogP contribution in [0, 0.1) is 0 Å². The Morgan fingerprint density at radius 3 is 2.00 bits per heavy atom. The van der Waals surface area contributed by atoms with Crippen LogP contribution in [0.15, 0.2) is 74.8 Å². The van der Waals surface area contributed by atoms with E-state index in [1.165, 1.54) is 24.3 Å². The molecule has 0 amide bonds. The zero-order valence-electron chi connectivity index (χ0n) is 13.9. The second-order valence-corrected chi connectivity index (χ2v) is 7.86. The van der Waals surface area contributed by atoms with Crippen molar-refractivity contribution in [3.05, 3.63) is 76.8 Å². The van der Waals surface area contributed by atoms with Gasteiger partial charge in [-0.15, -0.1) is 0 Å². The largest absolute Gasteiger partial charge is 0.449 e. The topological polar surface area (TPSA) is 64.3 Å². The highest BCUT2D eigenvalue weighted by molar-refractivity contribution is 7.90. The number of benzene rings is 2. The highest BCUT2D eigenvalue weighted by Crippen LogP contribution is 2.36. The molecule has 0 bridgehead atoms. The average molecular weight is 394 g/mol. The van der Waals surface area contributed by atoms with Gasteiger partial charge in [0.15, 0.2) is 9.84 Å². The molecule has 0 aliphatic carbocycles. The number of rotatable bonds is 3. The van der Waals surface area contributed by atoms with Crippen molar-refractivity contribution in [3.8, 4) is 22.3 Å². The Morgan fingerprint density at radius 1 is 0.889 bits per heavy atom. The zero-order chi connectivity index (χ0) is 19.8. The lowest BCUT2D eigenvalue weighted by molar-refractivity contribution is -0.154. The smallest absolute Gasteiger partial charge is 0.418 e. The van der Waals surface area contributed by atoms with Crippen LogP contribution in [0.5, 0.6) is 0 Å². The summed E-state index contributed by atoms with van der Waals surface area (Å²) in [5.74, 6) is -1.42. The summed E-state index contributed by atoms with van der Waals surface area (Å²) in [6.07, 6.45) is -3.81. The van der Waals surface area contributed by atoms with Crippen LogP contribution in [0.25, 0.3) is 22.3 Å². The van der Waals surface area contributed by atoms with Crippen LogP contribution in [-0.4, -0.2) is 14.7 Å². The summed E-state index contributed by atoms with van der Waals surface area (Å²) in [6.45, 7) is 0. The molecule has 0 unspecified atom stereocenters. The summed E-state index contributed by atoms with van der Waals surface area (Å²) in [6, 6.07) is 14.2. The van der Waals surface area contributed by atoms with Gasteiger partial charge in [-0.25, -0.2) is 13.2 Å². The van der Waals surface area contributed by atoms with Crippen molar-refractivity contribution in [1.82, 2.24) is 0 Å². The van der Waals surface area contributed by atoms with Gasteiger partial charge in [0.25, 0.3) is 0 Å². The number of halogens is 3. The van der Waals surface area contributed by atoms with Crippen LogP contribution in [-0.2, 0) is 16.0 Å². The summed E-state index contributed by atoms with van der Waals surface area (Å²) >= 11 is 0. The van der Waals surface area contributed by atoms with E-state index in [1.54, 1.807) is 30.3 Å². The Labute approximate surface area is 152 Å². The monoisotopic (exact) mass is 394 g/mol. The molecule has 0 aliphatic heterocycles. The second-order valence-electron chi connectivity index (χ2n) is 5.85. The molecule has 0 saturated carbocycles. The van der Waals surface area contributed by atoms with E-state index in [4.69, 9.17) is 0 Å². The van der Waals surface area contributed by atoms with E-state index in [9.17, 15) is 26.4 Å². The van der Waals surface area contributed by atoms with Crippen LogP contribution in [0.1, 0.15) is 5.76 Å². The van der Waals surface area contributed by atoms with Crippen molar-refractivity contribution in [3.63, 3.8) is 0 Å². The Morgan fingerprint density at radius 2 is 1.48 bits per heavy atom. The Kier molecular flexibility index (Phi) is 4.69. The van der Waals surface area contributed by atoms with Gasteiger partial charge in [-0.2, -0.15) is 13.2 Å². The minimum Gasteiger partial charge on any atom is -0.418 e. The first kappa shape index (κ1) is 18.9. The third-order valence-electron chi connectivity index (χ3n) is 3.89. The fraction of sp³-hybridized carbons (Fsp3) is 0.105. The molecule has 0 saturated heterocycles. The van der Waals surface area contributed by atoms with Gasteiger partial charge < -0.3 is 4.42 Å². The lowest BCUT2D eigenvalue weighted by Gasteiger charge is -2.12. The van der Waals surface area contributed by atoms with E-state index in [0.717, 1.165) is 12.3 Å². The van der Waals surface area contributed by atoms with Crippen LogP contribution in [0.3, 0.4) is 0 Å². The minimum absolute atomic E-state index is 0.00447. The second kappa shape index (κ2) is 6.70. The Hall–Kier alpha value is -2.87. The van der Waals surface area contributed by atoms with Crippen molar-refractivity contribution in [2.45, 2.75) is 11.1 Å². The molecule has 0 N–H and O–H groups in total. The molecule has 0 atom stereocenters. The standard InChI is InChI=1S/C19H13F3O4S/c1-27(24,25)14-9-7-12(8-10-14)15-11-16(19(20,21)22)26-18(23)17(15)13-5-3-2-4-6-13/h2-11H,1H3. The van der Waals surface area contributed by atoms with Gasteiger partial charge in [0.1, 0.15) is 0 Å². The van der Waals surface area contributed by atoms with Crippen LogP contribution < -0.4 is 5.63 Å². The van der Waals surface area contributed by atoms with Gasteiger partial charge in [-0.1, -0.05) is 42.5 Å². The van der Waals surface area contributed by atoms with Gasteiger partial charge in [0.05, 0.1) is 10.5 Å². The predicted molar refractivity (Wildman–Crippen MR) is 94.0 cm³/mol. The van der Waals surface area contributed by atoms with Crippen molar-refractivity contribution in [1.29, 1.82) is 0 Å². The molecule has 1 heterocycles.